The standard InChI is InChI=1S/C28H23FN4O2S/c29-24-13-11-20(12-14-24)17-30-27(34)23-9-4-8-22(16-23)19-36-28-32-31-26(25-10-5-15-35-25)33(28)18-21-6-2-1-3-7-21/h1-16H,17-19H2,(H,30,34). The third-order valence-corrected chi connectivity index (χ3v) is 6.60. The lowest BCUT2D eigenvalue weighted by molar-refractivity contribution is 0.0951. The zero-order valence-electron chi connectivity index (χ0n) is 19.3. The van der Waals surface area contributed by atoms with Gasteiger partial charge in [-0.15, -0.1) is 10.2 Å². The molecule has 0 atom stereocenters. The molecule has 0 saturated carbocycles. The second-order valence-corrected chi connectivity index (χ2v) is 9.10. The van der Waals surface area contributed by atoms with Gasteiger partial charge < -0.3 is 9.73 Å². The Morgan fingerprint density at radius 1 is 0.889 bits per heavy atom. The van der Waals surface area contributed by atoms with Crippen molar-refractivity contribution in [2.24, 2.45) is 0 Å². The third-order valence-electron chi connectivity index (χ3n) is 5.57. The maximum absolute atomic E-state index is 13.1. The molecule has 5 aromatic rings. The van der Waals surface area contributed by atoms with E-state index < -0.39 is 0 Å². The largest absolute Gasteiger partial charge is 0.461 e. The number of aromatic nitrogens is 3. The van der Waals surface area contributed by atoms with E-state index in [4.69, 9.17) is 4.42 Å². The molecular formula is C28H23FN4O2S. The maximum Gasteiger partial charge on any atom is 0.251 e. The predicted molar refractivity (Wildman–Crippen MR) is 137 cm³/mol. The van der Waals surface area contributed by atoms with Crippen molar-refractivity contribution >= 4 is 17.7 Å². The SMILES string of the molecule is O=C(NCc1ccc(F)cc1)c1cccc(CSc2nnc(-c3ccco3)n2Cc2ccccc2)c1. The van der Waals surface area contributed by atoms with Crippen molar-refractivity contribution in [1.82, 2.24) is 20.1 Å². The molecule has 6 nitrogen and oxygen atoms in total. The van der Waals surface area contributed by atoms with Gasteiger partial charge in [0.05, 0.1) is 12.8 Å². The van der Waals surface area contributed by atoms with Crippen LogP contribution in [-0.4, -0.2) is 20.7 Å². The molecule has 3 aromatic carbocycles. The first-order valence-corrected chi connectivity index (χ1v) is 12.4. The summed E-state index contributed by atoms with van der Waals surface area (Å²) in [5.74, 6) is 1.46. The average molecular weight is 499 g/mol. The van der Waals surface area contributed by atoms with Crippen LogP contribution >= 0.6 is 11.8 Å². The van der Waals surface area contributed by atoms with Crippen molar-refractivity contribution in [1.29, 1.82) is 0 Å². The summed E-state index contributed by atoms with van der Waals surface area (Å²) in [5, 5.41) is 12.4. The van der Waals surface area contributed by atoms with Crippen molar-refractivity contribution < 1.29 is 13.6 Å². The number of hydrogen-bond donors (Lipinski definition) is 1. The van der Waals surface area contributed by atoms with Crippen LogP contribution in [0.15, 0.2) is 107 Å². The van der Waals surface area contributed by atoms with E-state index in [1.165, 1.54) is 12.1 Å². The number of nitrogens with zero attached hydrogens (tertiary/aromatic N) is 3. The van der Waals surface area contributed by atoms with Gasteiger partial charge in [-0.3, -0.25) is 9.36 Å². The van der Waals surface area contributed by atoms with Gasteiger partial charge in [-0.05, 0) is 53.1 Å². The highest BCUT2D eigenvalue weighted by Gasteiger charge is 2.17. The summed E-state index contributed by atoms with van der Waals surface area (Å²) in [6, 6.07) is 27.4. The first-order valence-electron chi connectivity index (χ1n) is 11.4. The van der Waals surface area contributed by atoms with Crippen LogP contribution in [0, 0.1) is 5.82 Å². The Balaban J connectivity index is 1.29. The van der Waals surface area contributed by atoms with Crippen LogP contribution in [0.4, 0.5) is 4.39 Å². The zero-order chi connectivity index (χ0) is 24.7. The van der Waals surface area contributed by atoms with Gasteiger partial charge in [-0.2, -0.15) is 0 Å². The highest BCUT2D eigenvalue weighted by molar-refractivity contribution is 7.98. The van der Waals surface area contributed by atoms with Crippen LogP contribution < -0.4 is 5.32 Å². The monoisotopic (exact) mass is 498 g/mol. The second kappa shape index (κ2) is 11.0. The molecule has 0 radical (unpaired) electrons. The van der Waals surface area contributed by atoms with Gasteiger partial charge in [0.15, 0.2) is 10.9 Å². The quantitative estimate of drug-likeness (QED) is 0.254. The molecule has 1 N–H and O–H groups in total. The Kier molecular flexibility index (Phi) is 7.23. The van der Waals surface area contributed by atoms with Gasteiger partial charge in [0.2, 0.25) is 5.82 Å². The van der Waals surface area contributed by atoms with Crippen LogP contribution in [0.5, 0.6) is 0 Å². The number of benzene rings is 3. The van der Waals surface area contributed by atoms with Crippen molar-refractivity contribution in [3.05, 3.63) is 125 Å². The second-order valence-electron chi connectivity index (χ2n) is 8.15. The molecule has 0 aliphatic heterocycles. The number of rotatable bonds is 9. The number of carbonyl (C=O) groups is 1. The third kappa shape index (κ3) is 5.72. The van der Waals surface area contributed by atoms with Crippen molar-refractivity contribution in [2.45, 2.75) is 24.0 Å². The molecule has 0 aliphatic rings. The normalized spacial score (nSPS) is 10.9. The van der Waals surface area contributed by atoms with Crippen molar-refractivity contribution in [3.63, 3.8) is 0 Å². The average Bonchev–Trinajstić information content (AvgIpc) is 3.58. The summed E-state index contributed by atoms with van der Waals surface area (Å²) < 4.78 is 20.7. The van der Waals surface area contributed by atoms with Gasteiger partial charge in [0, 0.05) is 17.9 Å². The molecule has 36 heavy (non-hydrogen) atoms. The van der Waals surface area contributed by atoms with Gasteiger partial charge >= 0.3 is 0 Å². The molecule has 2 heterocycles. The fourth-order valence-electron chi connectivity index (χ4n) is 3.73. The van der Waals surface area contributed by atoms with Crippen LogP contribution in [0.25, 0.3) is 11.6 Å². The Labute approximate surface area is 212 Å². The van der Waals surface area contributed by atoms with E-state index >= 15 is 0 Å². The Hall–Kier alpha value is -4.17. The highest BCUT2D eigenvalue weighted by atomic mass is 32.2. The minimum atomic E-state index is -0.300. The van der Waals surface area contributed by atoms with E-state index in [0.29, 0.717) is 36.0 Å². The minimum absolute atomic E-state index is 0.182. The van der Waals surface area contributed by atoms with E-state index in [1.54, 1.807) is 36.2 Å². The van der Waals surface area contributed by atoms with Crippen LogP contribution in [-0.2, 0) is 18.8 Å². The number of hydrogen-bond acceptors (Lipinski definition) is 5. The first-order chi connectivity index (χ1) is 17.7. The summed E-state index contributed by atoms with van der Waals surface area (Å²) in [6.07, 6.45) is 1.62. The van der Waals surface area contributed by atoms with Gasteiger partial charge in [0.1, 0.15) is 5.82 Å². The Bertz CT molecular complexity index is 1430. The predicted octanol–water partition coefficient (Wildman–Crippen LogP) is 5.95. The van der Waals surface area contributed by atoms with E-state index in [1.807, 2.05) is 53.1 Å². The summed E-state index contributed by atoms with van der Waals surface area (Å²) in [4.78, 5) is 12.7. The van der Waals surface area contributed by atoms with Crippen LogP contribution in [0.1, 0.15) is 27.0 Å². The number of halogens is 1. The van der Waals surface area contributed by atoms with Gasteiger partial charge in [-0.1, -0.05) is 66.4 Å². The maximum atomic E-state index is 13.1. The molecule has 0 bridgehead atoms. The fourth-order valence-corrected chi connectivity index (χ4v) is 4.61. The number of amides is 1. The molecule has 0 aliphatic carbocycles. The Morgan fingerprint density at radius 2 is 1.69 bits per heavy atom. The molecule has 180 valence electrons. The smallest absolute Gasteiger partial charge is 0.251 e. The molecule has 5 rings (SSSR count). The minimum Gasteiger partial charge on any atom is -0.461 e. The molecule has 1 amide bonds. The summed E-state index contributed by atoms with van der Waals surface area (Å²) in [7, 11) is 0. The lowest BCUT2D eigenvalue weighted by Gasteiger charge is -2.10. The lowest BCUT2D eigenvalue weighted by atomic mass is 10.1. The number of thioether (sulfide) groups is 1. The van der Waals surface area contributed by atoms with E-state index in [0.717, 1.165) is 21.8 Å². The number of nitrogens with one attached hydrogen (secondary N) is 1. The molecular weight excluding hydrogens is 475 g/mol. The molecule has 2 aromatic heterocycles. The zero-order valence-corrected chi connectivity index (χ0v) is 20.1. The molecule has 0 spiro atoms. The lowest BCUT2D eigenvalue weighted by Crippen LogP contribution is -2.22. The Morgan fingerprint density at radius 3 is 2.47 bits per heavy atom. The van der Waals surface area contributed by atoms with Crippen LogP contribution in [0.2, 0.25) is 0 Å². The number of carbonyl (C=O) groups excluding carboxylic acids is 1. The molecule has 0 saturated heterocycles. The van der Waals surface area contributed by atoms with Crippen LogP contribution in [0.3, 0.4) is 0 Å². The summed E-state index contributed by atoms with van der Waals surface area (Å²) in [5.41, 5.74) is 3.52. The summed E-state index contributed by atoms with van der Waals surface area (Å²) in [6.45, 7) is 0.939. The summed E-state index contributed by atoms with van der Waals surface area (Å²) >= 11 is 1.55. The van der Waals surface area contributed by atoms with E-state index in [-0.39, 0.29) is 11.7 Å². The number of furan rings is 1. The first kappa shape index (κ1) is 23.6. The van der Waals surface area contributed by atoms with Crippen molar-refractivity contribution in [2.75, 3.05) is 0 Å². The fraction of sp³-hybridized carbons (Fsp3) is 0.107. The van der Waals surface area contributed by atoms with Crippen molar-refractivity contribution in [3.8, 4) is 11.6 Å². The highest BCUT2D eigenvalue weighted by Crippen LogP contribution is 2.28. The molecule has 0 fully saturated rings. The van der Waals surface area contributed by atoms with Gasteiger partial charge in [0.25, 0.3) is 5.91 Å². The topological polar surface area (TPSA) is 73.0 Å². The van der Waals surface area contributed by atoms with Gasteiger partial charge in [-0.25, -0.2) is 4.39 Å². The molecule has 0 unspecified atom stereocenters. The van der Waals surface area contributed by atoms with E-state index in [9.17, 15) is 9.18 Å². The molecule has 8 heteroatoms. The van der Waals surface area contributed by atoms with E-state index in [2.05, 4.69) is 27.6 Å².